The second kappa shape index (κ2) is 7.46. The summed E-state index contributed by atoms with van der Waals surface area (Å²) < 4.78 is 0. The predicted molar refractivity (Wildman–Crippen MR) is 87.0 cm³/mol. The Bertz CT molecular complexity index is 423. The first-order valence-electron chi connectivity index (χ1n) is 6.65. The normalized spacial score (nSPS) is 16.4. The molecule has 2 rings (SSSR count). The van der Waals surface area contributed by atoms with Crippen LogP contribution in [0.1, 0.15) is 26.2 Å². The zero-order chi connectivity index (χ0) is 13.7. The summed E-state index contributed by atoms with van der Waals surface area (Å²) in [7, 11) is 0. The lowest BCUT2D eigenvalue weighted by molar-refractivity contribution is 0.664. The summed E-state index contributed by atoms with van der Waals surface area (Å²) in [4.78, 5) is 4.51. The number of hydrogen-bond acceptors (Lipinski definition) is 4. The third-order valence-electron chi connectivity index (χ3n) is 3.03. The van der Waals surface area contributed by atoms with Crippen molar-refractivity contribution in [1.29, 1.82) is 0 Å². The van der Waals surface area contributed by atoms with Crippen molar-refractivity contribution in [2.24, 2.45) is 0 Å². The molecule has 1 fully saturated rings. The predicted octanol–water partition coefficient (Wildman–Crippen LogP) is 4.52. The summed E-state index contributed by atoms with van der Waals surface area (Å²) in [6.45, 7) is 2.96. The fraction of sp³-hybridized carbons (Fsp3) is 0.615. The van der Waals surface area contributed by atoms with Crippen LogP contribution in [0.2, 0.25) is 10.0 Å². The molecule has 0 radical (unpaired) electrons. The van der Waals surface area contributed by atoms with Crippen molar-refractivity contribution in [3.63, 3.8) is 0 Å². The fourth-order valence-electron chi connectivity index (χ4n) is 1.97. The molecular weight excluding hydrogens is 301 g/mol. The lowest BCUT2D eigenvalue weighted by Crippen LogP contribution is -2.25. The Morgan fingerprint density at radius 3 is 2.63 bits per heavy atom. The summed E-state index contributed by atoms with van der Waals surface area (Å²) in [5.41, 5.74) is 0. The van der Waals surface area contributed by atoms with Crippen LogP contribution in [0.5, 0.6) is 0 Å². The molecule has 6 heteroatoms. The van der Waals surface area contributed by atoms with E-state index in [0.29, 0.717) is 21.9 Å². The molecule has 1 aromatic rings. The molecule has 0 aromatic carbocycles. The van der Waals surface area contributed by atoms with Crippen LogP contribution in [0.3, 0.4) is 0 Å². The maximum absolute atomic E-state index is 6.21. The van der Waals surface area contributed by atoms with Crippen molar-refractivity contribution in [3.8, 4) is 0 Å². The number of pyridine rings is 1. The van der Waals surface area contributed by atoms with Crippen LogP contribution in [0.25, 0.3) is 0 Å². The molecule has 1 aliphatic rings. The Morgan fingerprint density at radius 1 is 1.26 bits per heavy atom. The lowest BCUT2D eigenvalue weighted by atomic mass is 10.1. The second-order valence-electron chi connectivity index (χ2n) is 4.61. The zero-order valence-corrected chi connectivity index (χ0v) is 13.3. The molecule has 3 nitrogen and oxygen atoms in total. The molecule has 1 aromatic heterocycles. The molecule has 0 saturated carbocycles. The van der Waals surface area contributed by atoms with Crippen LogP contribution in [0.4, 0.5) is 11.6 Å². The molecule has 0 atom stereocenters. The van der Waals surface area contributed by atoms with Gasteiger partial charge in [0, 0.05) is 12.6 Å². The number of thioether (sulfide) groups is 1. The Kier molecular flexibility index (Phi) is 5.92. The van der Waals surface area contributed by atoms with Gasteiger partial charge in [0.15, 0.2) is 0 Å². The Morgan fingerprint density at radius 2 is 1.95 bits per heavy atom. The standard InChI is InChI=1S/C13H19Cl2N3S/c1-2-5-16-12-10(14)8-11(15)13(18-12)17-9-3-6-19-7-4-9/h8-9H,2-7H2,1H3,(H2,16,17,18). The second-order valence-corrected chi connectivity index (χ2v) is 6.65. The number of anilines is 2. The van der Waals surface area contributed by atoms with Gasteiger partial charge in [-0.1, -0.05) is 30.1 Å². The van der Waals surface area contributed by atoms with Crippen LogP contribution < -0.4 is 10.6 Å². The SMILES string of the molecule is CCCNc1nc(NC2CCSCC2)c(Cl)cc1Cl. The molecule has 1 aliphatic heterocycles. The number of nitrogens with one attached hydrogen (secondary N) is 2. The smallest absolute Gasteiger partial charge is 0.147 e. The van der Waals surface area contributed by atoms with E-state index in [1.54, 1.807) is 6.07 Å². The monoisotopic (exact) mass is 319 g/mol. The fourth-order valence-corrected chi connectivity index (χ4v) is 3.56. The van der Waals surface area contributed by atoms with Gasteiger partial charge in [0.2, 0.25) is 0 Å². The van der Waals surface area contributed by atoms with Gasteiger partial charge in [-0.2, -0.15) is 11.8 Å². The van der Waals surface area contributed by atoms with E-state index in [9.17, 15) is 0 Å². The molecule has 0 unspecified atom stereocenters. The largest absolute Gasteiger partial charge is 0.369 e. The average Bonchev–Trinajstić information content (AvgIpc) is 2.42. The average molecular weight is 320 g/mol. The van der Waals surface area contributed by atoms with Gasteiger partial charge in [-0.25, -0.2) is 4.98 Å². The van der Waals surface area contributed by atoms with Crippen LogP contribution in [-0.4, -0.2) is 29.1 Å². The molecule has 1 saturated heterocycles. The van der Waals surface area contributed by atoms with Gasteiger partial charge in [-0.15, -0.1) is 0 Å². The molecule has 19 heavy (non-hydrogen) atoms. The van der Waals surface area contributed by atoms with E-state index >= 15 is 0 Å². The van der Waals surface area contributed by atoms with Crippen LogP contribution >= 0.6 is 35.0 Å². The Labute approximate surface area is 128 Å². The highest BCUT2D eigenvalue weighted by Crippen LogP contribution is 2.31. The van der Waals surface area contributed by atoms with Gasteiger partial charge in [0.1, 0.15) is 11.6 Å². The van der Waals surface area contributed by atoms with E-state index < -0.39 is 0 Å². The molecular formula is C13H19Cl2N3S. The first kappa shape index (κ1) is 15.1. The molecule has 0 spiro atoms. The third kappa shape index (κ3) is 4.33. The zero-order valence-electron chi connectivity index (χ0n) is 11.0. The first-order chi connectivity index (χ1) is 9.20. The topological polar surface area (TPSA) is 37.0 Å². The quantitative estimate of drug-likeness (QED) is 0.836. The molecule has 2 heterocycles. The van der Waals surface area contributed by atoms with Gasteiger partial charge in [-0.05, 0) is 36.8 Å². The summed E-state index contributed by atoms with van der Waals surface area (Å²) in [6.07, 6.45) is 3.34. The number of aromatic nitrogens is 1. The highest BCUT2D eigenvalue weighted by molar-refractivity contribution is 7.99. The van der Waals surface area contributed by atoms with E-state index in [1.807, 2.05) is 11.8 Å². The van der Waals surface area contributed by atoms with Crippen molar-refractivity contribution in [3.05, 3.63) is 16.1 Å². The van der Waals surface area contributed by atoms with Crippen molar-refractivity contribution in [1.82, 2.24) is 4.98 Å². The lowest BCUT2D eigenvalue weighted by Gasteiger charge is -2.24. The van der Waals surface area contributed by atoms with E-state index in [4.69, 9.17) is 23.2 Å². The van der Waals surface area contributed by atoms with Crippen LogP contribution in [-0.2, 0) is 0 Å². The van der Waals surface area contributed by atoms with Gasteiger partial charge >= 0.3 is 0 Å². The molecule has 0 aliphatic carbocycles. The summed E-state index contributed by atoms with van der Waals surface area (Å²) in [5.74, 6) is 3.84. The van der Waals surface area contributed by atoms with Crippen molar-refractivity contribution in [2.45, 2.75) is 32.2 Å². The molecule has 2 N–H and O–H groups in total. The van der Waals surface area contributed by atoms with Crippen molar-refractivity contribution in [2.75, 3.05) is 28.7 Å². The van der Waals surface area contributed by atoms with Crippen molar-refractivity contribution >= 4 is 46.6 Å². The van der Waals surface area contributed by atoms with Crippen LogP contribution in [0.15, 0.2) is 6.07 Å². The van der Waals surface area contributed by atoms with Crippen molar-refractivity contribution < 1.29 is 0 Å². The molecule has 0 amide bonds. The minimum Gasteiger partial charge on any atom is -0.369 e. The summed E-state index contributed by atoms with van der Waals surface area (Å²) in [6, 6.07) is 2.22. The maximum atomic E-state index is 6.21. The van der Waals surface area contributed by atoms with E-state index in [0.717, 1.165) is 31.6 Å². The number of hydrogen-bond donors (Lipinski definition) is 2. The van der Waals surface area contributed by atoms with Gasteiger partial charge in [-0.3, -0.25) is 0 Å². The number of halogens is 2. The minimum absolute atomic E-state index is 0.464. The van der Waals surface area contributed by atoms with Gasteiger partial charge in [0.25, 0.3) is 0 Å². The highest BCUT2D eigenvalue weighted by Gasteiger charge is 2.16. The van der Waals surface area contributed by atoms with Crippen LogP contribution in [0, 0.1) is 0 Å². The summed E-state index contributed by atoms with van der Waals surface area (Å²) in [5, 5.41) is 7.82. The Balaban J connectivity index is 2.09. The maximum Gasteiger partial charge on any atom is 0.147 e. The Hall–Kier alpha value is -0.320. The number of nitrogens with zero attached hydrogens (tertiary/aromatic N) is 1. The van der Waals surface area contributed by atoms with E-state index in [2.05, 4.69) is 22.5 Å². The van der Waals surface area contributed by atoms with Gasteiger partial charge < -0.3 is 10.6 Å². The van der Waals surface area contributed by atoms with E-state index in [1.165, 1.54) is 11.5 Å². The summed E-state index contributed by atoms with van der Waals surface area (Å²) >= 11 is 14.4. The highest BCUT2D eigenvalue weighted by atomic mass is 35.5. The molecule has 106 valence electrons. The number of rotatable bonds is 5. The first-order valence-corrected chi connectivity index (χ1v) is 8.56. The van der Waals surface area contributed by atoms with E-state index in [-0.39, 0.29) is 0 Å². The molecule has 0 bridgehead atoms. The third-order valence-corrected chi connectivity index (χ3v) is 4.66. The minimum atomic E-state index is 0.464. The van der Waals surface area contributed by atoms with Gasteiger partial charge in [0.05, 0.1) is 10.0 Å².